The molecule has 0 spiro atoms. The van der Waals surface area contributed by atoms with Gasteiger partial charge >= 0.3 is 0 Å². The summed E-state index contributed by atoms with van der Waals surface area (Å²) in [6.45, 7) is 0. The fraction of sp³-hybridized carbons (Fsp3) is 0.500. The molecule has 3 nitrogen and oxygen atoms in total. The Kier molecular flexibility index (Phi) is 0.873. The largest absolute Gasteiger partial charge is 0.361 e. The van der Waals surface area contributed by atoms with Gasteiger partial charge in [0, 0.05) is 18.0 Å². The van der Waals surface area contributed by atoms with Crippen LogP contribution in [0.2, 0.25) is 0 Å². The standard InChI is InChI=1S/C6H8N2O/c7-5-3-4(5)6-1-2-8-9-6/h1-2,4-5H,3,7H2. The van der Waals surface area contributed by atoms with Crippen LogP contribution in [-0.2, 0) is 0 Å². The van der Waals surface area contributed by atoms with E-state index in [0.29, 0.717) is 12.0 Å². The fourth-order valence-corrected chi connectivity index (χ4v) is 0.959. The van der Waals surface area contributed by atoms with Gasteiger partial charge in [-0.25, -0.2) is 0 Å². The molecule has 0 aliphatic heterocycles. The van der Waals surface area contributed by atoms with Crippen LogP contribution in [-0.4, -0.2) is 11.2 Å². The Morgan fingerprint density at radius 3 is 3.00 bits per heavy atom. The Bertz CT molecular complexity index is 195. The van der Waals surface area contributed by atoms with Crippen LogP contribution < -0.4 is 5.73 Å². The van der Waals surface area contributed by atoms with Gasteiger partial charge in [0.1, 0.15) is 5.76 Å². The van der Waals surface area contributed by atoms with E-state index in [1.165, 1.54) is 0 Å². The van der Waals surface area contributed by atoms with Crippen molar-refractivity contribution in [1.82, 2.24) is 5.16 Å². The SMILES string of the molecule is NC1CC1c1ccno1. The second-order valence-corrected chi connectivity index (χ2v) is 2.42. The van der Waals surface area contributed by atoms with Gasteiger partial charge in [0.25, 0.3) is 0 Å². The highest BCUT2D eigenvalue weighted by Crippen LogP contribution is 2.38. The van der Waals surface area contributed by atoms with E-state index in [4.69, 9.17) is 10.3 Å². The summed E-state index contributed by atoms with van der Waals surface area (Å²) in [6.07, 6.45) is 2.70. The van der Waals surface area contributed by atoms with E-state index in [-0.39, 0.29) is 0 Å². The van der Waals surface area contributed by atoms with E-state index in [9.17, 15) is 0 Å². The molecule has 3 heteroatoms. The Morgan fingerprint density at radius 2 is 2.56 bits per heavy atom. The second kappa shape index (κ2) is 1.57. The highest BCUT2D eigenvalue weighted by atomic mass is 16.5. The minimum atomic E-state index is 0.318. The predicted octanol–water partition coefficient (Wildman–Crippen LogP) is 0.489. The van der Waals surface area contributed by atoms with Crippen LogP contribution in [0.1, 0.15) is 18.1 Å². The number of hydrogen-bond acceptors (Lipinski definition) is 3. The number of nitrogens with two attached hydrogens (primary N) is 1. The Morgan fingerprint density at radius 1 is 1.78 bits per heavy atom. The molecular weight excluding hydrogens is 116 g/mol. The van der Waals surface area contributed by atoms with Crippen molar-refractivity contribution in [1.29, 1.82) is 0 Å². The molecule has 0 radical (unpaired) electrons. The van der Waals surface area contributed by atoms with Gasteiger partial charge in [-0.2, -0.15) is 0 Å². The van der Waals surface area contributed by atoms with Gasteiger partial charge in [-0.05, 0) is 6.42 Å². The van der Waals surface area contributed by atoms with Crippen LogP contribution in [0.4, 0.5) is 0 Å². The molecule has 2 unspecified atom stereocenters. The van der Waals surface area contributed by atoms with Gasteiger partial charge in [-0.3, -0.25) is 0 Å². The lowest BCUT2D eigenvalue weighted by Crippen LogP contribution is -1.99. The first-order valence-corrected chi connectivity index (χ1v) is 3.04. The maximum Gasteiger partial charge on any atom is 0.141 e. The fourth-order valence-electron chi connectivity index (χ4n) is 0.959. The van der Waals surface area contributed by atoms with E-state index in [1.807, 2.05) is 6.07 Å². The monoisotopic (exact) mass is 124 g/mol. The van der Waals surface area contributed by atoms with Gasteiger partial charge in [-0.1, -0.05) is 5.16 Å². The van der Waals surface area contributed by atoms with Crippen molar-refractivity contribution in [2.45, 2.75) is 18.4 Å². The minimum absolute atomic E-state index is 0.318. The van der Waals surface area contributed by atoms with Crippen molar-refractivity contribution < 1.29 is 4.52 Å². The number of hydrogen-bond donors (Lipinski definition) is 1. The Labute approximate surface area is 52.8 Å². The van der Waals surface area contributed by atoms with Crippen molar-refractivity contribution in [2.75, 3.05) is 0 Å². The number of nitrogens with zero attached hydrogens (tertiary/aromatic N) is 1. The summed E-state index contributed by atoms with van der Waals surface area (Å²) >= 11 is 0. The van der Waals surface area contributed by atoms with Gasteiger partial charge < -0.3 is 10.3 Å². The van der Waals surface area contributed by atoms with Gasteiger partial charge in [0.2, 0.25) is 0 Å². The minimum Gasteiger partial charge on any atom is -0.361 e. The highest BCUT2D eigenvalue weighted by molar-refractivity contribution is 5.15. The van der Waals surface area contributed by atoms with Crippen molar-refractivity contribution in [2.24, 2.45) is 5.73 Å². The van der Waals surface area contributed by atoms with Gasteiger partial charge in [-0.15, -0.1) is 0 Å². The lowest BCUT2D eigenvalue weighted by atomic mass is 10.3. The first kappa shape index (κ1) is 4.99. The zero-order valence-electron chi connectivity index (χ0n) is 4.95. The molecule has 1 aliphatic carbocycles. The third kappa shape index (κ3) is 0.733. The number of rotatable bonds is 1. The van der Waals surface area contributed by atoms with E-state index in [1.54, 1.807) is 6.20 Å². The van der Waals surface area contributed by atoms with Crippen LogP contribution in [0.3, 0.4) is 0 Å². The molecule has 0 amide bonds. The molecule has 48 valence electrons. The Hall–Kier alpha value is -0.830. The molecule has 1 fully saturated rings. The smallest absolute Gasteiger partial charge is 0.141 e. The molecule has 2 atom stereocenters. The number of aromatic nitrogens is 1. The summed E-state index contributed by atoms with van der Waals surface area (Å²) in [6, 6.07) is 2.19. The van der Waals surface area contributed by atoms with Crippen LogP contribution in [0, 0.1) is 0 Å². The van der Waals surface area contributed by atoms with Crippen molar-refractivity contribution in [3.8, 4) is 0 Å². The molecule has 1 aromatic heterocycles. The molecule has 0 aromatic carbocycles. The molecule has 2 N–H and O–H groups in total. The van der Waals surface area contributed by atoms with Crippen molar-refractivity contribution in [3.05, 3.63) is 18.0 Å². The second-order valence-electron chi connectivity index (χ2n) is 2.42. The van der Waals surface area contributed by atoms with Gasteiger partial charge in [0.05, 0.1) is 6.20 Å². The average molecular weight is 124 g/mol. The lowest BCUT2D eigenvalue weighted by Gasteiger charge is -1.83. The zero-order valence-corrected chi connectivity index (χ0v) is 4.95. The van der Waals surface area contributed by atoms with Crippen molar-refractivity contribution >= 4 is 0 Å². The van der Waals surface area contributed by atoms with Crippen molar-refractivity contribution in [3.63, 3.8) is 0 Å². The highest BCUT2D eigenvalue weighted by Gasteiger charge is 2.37. The van der Waals surface area contributed by atoms with Crippen LogP contribution >= 0.6 is 0 Å². The van der Waals surface area contributed by atoms with E-state index < -0.39 is 0 Å². The molecule has 1 heterocycles. The topological polar surface area (TPSA) is 52.0 Å². The van der Waals surface area contributed by atoms with Crippen LogP contribution in [0.15, 0.2) is 16.8 Å². The lowest BCUT2D eigenvalue weighted by molar-refractivity contribution is 0.383. The summed E-state index contributed by atoms with van der Waals surface area (Å²) in [5.74, 6) is 1.38. The molecular formula is C6H8N2O. The summed E-state index contributed by atoms with van der Waals surface area (Å²) in [5.41, 5.74) is 5.57. The molecule has 1 aromatic rings. The molecule has 9 heavy (non-hydrogen) atoms. The zero-order chi connectivity index (χ0) is 6.27. The first-order chi connectivity index (χ1) is 4.38. The third-order valence-electron chi connectivity index (χ3n) is 1.66. The summed E-state index contributed by atoms with van der Waals surface area (Å²) < 4.78 is 4.90. The molecule has 1 aliphatic rings. The van der Waals surface area contributed by atoms with E-state index in [2.05, 4.69) is 5.16 Å². The summed E-state index contributed by atoms with van der Waals surface area (Å²) in [4.78, 5) is 0. The normalized spacial score (nSPS) is 32.6. The first-order valence-electron chi connectivity index (χ1n) is 3.04. The van der Waals surface area contributed by atoms with Crippen LogP contribution in [0.5, 0.6) is 0 Å². The predicted molar refractivity (Wildman–Crippen MR) is 31.8 cm³/mol. The maximum atomic E-state index is 5.57. The van der Waals surface area contributed by atoms with Gasteiger partial charge in [0.15, 0.2) is 0 Å². The van der Waals surface area contributed by atoms with E-state index in [0.717, 1.165) is 12.2 Å². The van der Waals surface area contributed by atoms with Crippen LogP contribution in [0.25, 0.3) is 0 Å². The molecule has 2 rings (SSSR count). The summed E-state index contributed by atoms with van der Waals surface area (Å²) in [7, 11) is 0. The maximum absolute atomic E-state index is 5.57. The molecule has 0 bridgehead atoms. The molecule has 0 saturated heterocycles. The Balaban J connectivity index is 2.18. The summed E-state index contributed by atoms with van der Waals surface area (Å²) in [5, 5.41) is 3.59. The van der Waals surface area contributed by atoms with E-state index >= 15 is 0 Å². The average Bonchev–Trinajstić information content (AvgIpc) is 2.44. The molecule has 1 saturated carbocycles. The third-order valence-corrected chi connectivity index (χ3v) is 1.66. The quantitative estimate of drug-likeness (QED) is 0.592.